The van der Waals surface area contributed by atoms with Gasteiger partial charge < -0.3 is 16.0 Å². The molecule has 0 fully saturated rings. The van der Waals surface area contributed by atoms with Gasteiger partial charge in [-0.3, -0.25) is 14.8 Å². The zero-order valence-electron chi connectivity index (χ0n) is 18.2. The van der Waals surface area contributed by atoms with E-state index in [0.29, 0.717) is 44.7 Å². The Hall–Kier alpha value is -3.63. The molecule has 0 saturated carbocycles. The molecule has 3 N–H and O–H groups in total. The number of carbonyl (C=O) groups excluding carboxylic acids is 1. The molecule has 3 heterocycles. The number of rotatable bonds is 7. The Bertz CT molecular complexity index is 1270. The third kappa shape index (κ3) is 5.79. The lowest BCUT2D eigenvalue weighted by Gasteiger charge is -2.09. The quantitative estimate of drug-likeness (QED) is 0.341. The van der Waals surface area contributed by atoms with Crippen molar-refractivity contribution in [3.63, 3.8) is 0 Å². The van der Waals surface area contributed by atoms with Gasteiger partial charge in [-0.1, -0.05) is 35.1 Å². The molecule has 9 nitrogen and oxygen atoms in total. The molecule has 0 atom stereocenters. The van der Waals surface area contributed by atoms with Gasteiger partial charge in [0.25, 0.3) is 5.91 Å². The summed E-state index contributed by atoms with van der Waals surface area (Å²) in [6.07, 6.45) is 4.96. The molecule has 0 aliphatic rings. The number of para-hydroxylation sites is 1. The first-order chi connectivity index (χ1) is 15.9. The average Bonchev–Trinajstić information content (AvgIpc) is 3.24. The van der Waals surface area contributed by atoms with Crippen molar-refractivity contribution in [2.45, 2.75) is 27.3 Å². The summed E-state index contributed by atoms with van der Waals surface area (Å²) >= 11 is 7.42. The second-order valence-corrected chi connectivity index (χ2v) is 8.67. The highest BCUT2D eigenvalue weighted by atomic mass is 35.5. The van der Waals surface area contributed by atoms with Gasteiger partial charge in [-0.05, 0) is 32.4 Å². The molecule has 3 aromatic heterocycles. The number of aromatic nitrogens is 5. The number of nitrogens with one attached hydrogen (secondary N) is 3. The van der Waals surface area contributed by atoms with E-state index in [1.807, 2.05) is 26.0 Å². The van der Waals surface area contributed by atoms with E-state index in [1.165, 1.54) is 17.5 Å². The lowest BCUT2D eigenvalue weighted by molar-refractivity contribution is 0.103. The normalized spacial score (nSPS) is 10.7. The van der Waals surface area contributed by atoms with Crippen molar-refractivity contribution >= 4 is 51.3 Å². The van der Waals surface area contributed by atoms with Crippen LogP contribution in [0.3, 0.4) is 0 Å². The third-order valence-electron chi connectivity index (χ3n) is 4.55. The Morgan fingerprint density at radius 1 is 1.03 bits per heavy atom. The number of hydrogen-bond donors (Lipinski definition) is 3. The molecule has 0 bridgehead atoms. The van der Waals surface area contributed by atoms with E-state index in [4.69, 9.17) is 11.6 Å². The summed E-state index contributed by atoms with van der Waals surface area (Å²) < 4.78 is 0. The largest absolute Gasteiger partial charge is 0.364 e. The summed E-state index contributed by atoms with van der Waals surface area (Å²) in [7, 11) is 0. The van der Waals surface area contributed by atoms with Crippen LogP contribution in [0, 0.1) is 20.8 Å². The van der Waals surface area contributed by atoms with Crippen LogP contribution in [0.1, 0.15) is 32.4 Å². The summed E-state index contributed by atoms with van der Waals surface area (Å²) in [5.74, 6) is 1.50. The molecular weight excluding hydrogens is 460 g/mol. The van der Waals surface area contributed by atoms with Gasteiger partial charge in [0.1, 0.15) is 22.3 Å². The monoisotopic (exact) mass is 480 g/mol. The lowest BCUT2D eigenvalue weighted by atomic mass is 10.2. The summed E-state index contributed by atoms with van der Waals surface area (Å²) in [4.78, 5) is 34.8. The second-order valence-electron chi connectivity index (χ2n) is 7.23. The molecular formula is C22H21ClN8OS. The topological polar surface area (TPSA) is 118 Å². The SMILES string of the molecule is Cc1cnc(CNc2cc(Nc3ncc(C(=O)Nc4c(C)cccc4Cl)s3)nc(C)n2)cn1. The van der Waals surface area contributed by atoms with E-state index < -0.39 is 0 Å². The molecule has 4 aromatic rings. The predicted octanol–water partition coefficient (Wildman–Crippen LogP) is 4.91. The van der Waals surface area contributed by atoms with Crippen molar-refractivity contribution in [3.8, 4) is 0 Å². The molecule has 168 valence electrons. The number of amides is 1. The Balaban J connectivity index is 1.43. The maximum absolute atomic E-state index is 12.7. The molecule has 0 radical (unpaired) electrons. The second kappa shape index (κ2) is 9.88. The van der Waals surface area contributed by atoms with Crippen molar-refractivity contribution in [2.24, 2.45) is 0 Å². The maximum atomic E-state index is 12.7. The lowest BCUT2D eigenvalue weighted by Crippen LogP contribution is -2.11. The Morgan fingerprint density at radius 2 is 1.85 bits per heavy atom. The fraction of sp³-hybridized carbons (Fsp3) is 0.182. The van der Waals surface area contributed by atoms with E-state index in [2.05, 4.69) is 40.9 Å². The van der Waals surface area contributed by atoms with Gasteiger partial charge in [0.15, 0.2) is 5.13 Å². The molecule has 0 unspecified atom stereocenters. The van der Waals surface area contributed by atoms with Crippen molar-refractivity contribution in [3.05, 3.63) is 75.5 Å². The van der Waals surface area contributed by atoms with Crippen LogP contribution in [-0.2, 0) is 6.54 Å². The van der Waals surface area contributed by atoms with E-state index in [0.717, 1.165) is 17.0 Å². The minimum atomic E-state index is -0.280. The van der Waals surface area contributed by atoms with Crippen LogP contribution in [0.15, 0.2) is 42.9 Å². The van der Waals surface area contributed by atoms with Gasteiger partial charge in [0, 0.05) is 12.3 Å². The average molecular weight is 481 g/mol. The first-order valence-electron chi connectivity index (χ1n) is 10.0. The van der Waals surface area contributed by atoms with Crippen molar-refractivity contribution in [2.75, 3.05) is 16.0 Å². The molecule has 0 aliphatic carbocycles. The van der Waals surface area contributed by atoms with E-state index in [1.54, 1.807) is 31.5 Å². The van der Waals surface area contributed by atoms with Crippen molar-refractivity contribution in [1.29, 1.82) is 0 Å². The first kappa shape index (κ1) is 22.6. The number of thiazole rings is 1. The molecule has 0 saturated heterocycles. The van der Waals surface area contributed by atoms with Gasteiger partial charge >= 0.3 is 0 Å². The zero-order valence-corrected chi connectivity index (χ0v) is 19.8. The number of anilines is 4. The molecule has 0 spiro atoms. The van der Waals surface area contributed by atoms with Crippen LogP contribution in [0.2, 0.25) is 5.02 Å². The van der Waals surface area contributed by atoms with Crippen LogP contribution in [-0.4, -0.2) is 30.8 Å². The summed E-state index contributed by atoms with van der Waals surface area (Å²) in [5.41, 5.74) is 3.14. The standard InChI is InChI=1S/C22H21ClN8OS/c1-12-5-4-6-16(23)20(12)31-21(32)17-11-27-22(33-17)30-19-7-18(28-14(3)29-19)26-10-15-9-24-13(2)8-25-15/h4-9,11H,10H2,1-3H3,(H,31,32)(H2,26,27,28,29,30). The van der Waals surface area contributed by atoms with Crippen LogP contribution >= 0.6 is 22.9 Å². The molecule has 0 aliphatic heterocycles. The fourth-order valence-corrected chi connectivity index (χ4v) is 3.91. The van der Waals surface area contributed by atoms with Crippen molar-refractivity contribution < 1.29 is 4.79 Å². The van der Waals surface area contributed by atoms with Crippen LogP contribution in [0.5, 0.6) is 0 Å². The maximum Gasteiger partial charge on any atom is 0.267 e. The van der Waals surface area contributed by atoms with E-state index >= 15 is 0 Å². The minimum Gasteiger partial charge on any atom is -0.364 e. The number of carbonyl (C=O) groups is 1. The van der Waals surface area contributed by atoms with E-state index in [-0.39, 0.29) is 5.91 Å². The highest BCUT2D eigenvalue weighted by Gasteiger charge is 2.14. The number of benzene rings is 1. The molecule has 33 heavy (non-hydrogen) atoms. The highest BCUT2D eigenvalue weighted by Crippen LogP contribution is 2.28. The minimum absolute atomic E-state index is 0.280. The number of nitrogens with zero attached hydrogens (tertiary/aromatic N) is 5. The van der Waals surface area contributed by atoms with Gasteiger partial charge in [-0.15, -0.1) is 0 Å². The smallest absolute Gasteiger partial charge is 0.267 e. The van der Waals surface area contributed by atoms with Crippen LogP contribution < -0.4 is 16.0 Å². The summed E-state index contributed by atoms with van der Waals surface area (Å²) in [6, 6.07) is 7.22. The zero-order chi connectivity index (χ0) is 23.4. The molecule has 1 amide bonds. The van der Waals surface area contributed by atoms with Gasteiger partial charge in [0.05, 0.1) is 41.0 Å². The van der Waals surface area contributed by atoms with Crippen LogP contribution in [0.25, 0.3) is 0 Å². The molecule has 4 rings (SSSR count). The van der Waals surface area contributed by atoms with Gasteiger partial charge in [0.2, 0.25) is 0 Å². The first-order valence-corrected chi connectivity index (χ1v) is 11.2. The summed E-state index contributed by atoms with van der Waals surface area (Å²) in [5, 5.41) is 10.2. The highest BCUT2D eigenvalue weighted by molar-refractivity contribution is 7.17. The molecule has 1 aromatic carbocycles. The fourth-order valence-electron chi connectivity index (χ4n) is 2.93. The van der Waals surface area contributed by atoms with Crippen molar-refractivity contribution in [1.82, 2.24) is 24.9 Å². The molecule has 11 heteroatoms. The Morgan fingerprint density at radius 3 is 2.61 bits per heavy atom. The number of aryl methyl sites for hydroxylation is 3. The number of hydrogen-bond acceptors (Lipinski definition) is 9. The summed E-state index contributed by atoms with van der Waals surface area (Å²) in [6.45, 7) is 6.05. The Kier molecular flexibility index (Phi) is 6.76. The van der Waals surface area contributed by atoms with Gasteiger partial charge in [-0.2, -0.15) is 0 Å². The third-order valence-corrected chi connectivity index (χ3v) is 5.77. The Labute approximate surface area is 199 Å². The van der Waals surface area contributed by atoms with E-state index in [9.17, 15) is 4.79 Å². The number of halogens is 1. The van der Waals surface area contributed by atoms with Crippen LogP contribution in [0.4, 0.5) is 22.5 Å². The predicted molar refractivity (Wildman–Crippen MR) is 130 cm³/mol. The van der Waals surface area contributed by atoms with Gasteiger partial charge in [-0.25, -0.2) is 15.0 Å².